The molecule has 0 atom stereocenters. The summed E-state index contributed by atoms with van der Waals surface area (Å²) in [6, 6.07) is 3.85. The van der Waals surface area contributed by atoms with Crippen molar-refractivity contribution in [3.05, 3.63) is 29.5 Å². The summed E-state index contributed by atoms with van der Waals surface area (Å²) in [4.78, 5) is 23.5. The summed E-state index contributed by atoms with van der Waals surface area (Å²) in [7, 11) is 2.09. The van der Waals surface area contributed by atoms with E-state index in [1.165, 1.54) is 11.3 Å². The molecule has 134 valence electrons. The van der Waals surface area contributed by atoms with Gasteiger partial charge in [-0.3, -0.25) is 9.78 Å². The number of hydrogen-bond acceptors (Lipinski definition) is 7. The zero-order valence-corrected chi connectivity index (χ0v) is 15.6. The summed E-state index contributed by atoms with van der Waals surface area (Å²) in [5.74, 6) is 0.687. The molecule has 0 saturated carbocycles. The van der Waals surface area contributed by atoms with Crippen LogP contribution >= 0.6 is 11.3 Å². The van der Waals surface area contributed by atoms with Gasteiger partial charge in [-0.2, -0.15) is 0 Å². The molecule has 0 radical (unpaired) electrons. The van der Waals surface area contributed by atoms with Crippen molar-refractivity contribution in [3.63, 3.8) is 0 Å². The van der Waals surface area contributed by atoms with Gasteiger partial charge in [-0.1, -0.05) is 11.3 Å². The Morgan fingerprint density at radius 1 is 1.15 bits per heavy atom. The Morgan fingerprint density at radius 3 is 2.65 bits per heavy atom. The summed E-state index contributed by atoms with van der Waals surface area (Å²) in [5.41, 5.74) is 0.780. The number of anilines is 1. The van der Waals surface area contributed by atoms with Gasteiger partial charge < -0.3 is 10.2 Å². The first kappa shape index (κ1) is 17.0. The number of rotatable bonds is 3. The fraction of sp³-hybridized carbons (Fsp3) is 0.389. The van der Waals surface area contributed by atoms with E-state index in [1.54, 1.807) is 12.4 Å². The van der Waals surface area contributed by atoms with E-state index in [-0.39, 0.29) is 11.8 Å². The van der Waals surface area contributed by atoms with Crippen molar-refractivity contribution in [2.24, 2.45) is 5.92 Å². The maximum Gasteiger partial charge on any atom is 0.228 e. The minimum Gasteiger partial charge on any atom is -0.310 e. The minimum atomic E-state index is 0.0546. The van der Waals surface area contributed by atoms with Crippen LogP contribution in [0.1, 0.15) is 17.8 Å². The van der Waals surface area contributed by atoms with Crippen molar-refractivity contribution in [1.82, 2.24) is 25.1 Å². The van der Waals surface area contributed by atoms with Crippen LogP contribution in [-0.2, 0) is 4.79 Å². The molecule has 1 amide bonds. The van der Waals surface area contributed by atoms with Crippen molar-refractivity contribution in [1.29, 1.82) is 0 Å². The maximum atomic E-state index is 12.5. The van der Waals surface area contributed by atoms with Crippen molar-refractivity contribution in [2.45, 2.75) is 19.8 Å². The molecular weight excluding hydrogens is 348 g/mol. The van der Waals surface area contributed by atoms with Crippen LogP contribution in [0.5, 0.6) is 0 Å². The highest BCUT2D eigenvalue weighted by molar-refractivity contribution is 7.14. The summed E-state index contributed by atoms with van der Waals surface area (Å²) < 4.78 is 0. The number of hydrogen-bond donors (Lipinski definition) is 1. The van der Waals surface area contributed by atoms with E-state index < -0.39 is 0 Å². The Morgan fingerprint density at radius 2 is 1.92 bits per heavy atom. The third-order valence-electron chi connectivity index (χ3n) is 4.69. The number of nitrogens with zero attached hydrogens (tertiary/aromatic N) is 5. The fourth-order valence-corrected chi connectivity index (χ4v) is 3.78. The molecule has 7 nitrogen and oxygen atoms in total. The number of nitrogens with one attached hydrogen (secondary N) is 1. The molecule has 0 aromatic carbocycles. The van der Waals surface area contributed by atoms with Gasteiger partial charge in [0, 0.05) is 23.7 Å². The van der Waals surface area contributed by atoms with Crippen molar-refractivity contribution >= 4 is 33.8 Å². The Kier molecular flexibility index (Phi) is 4.60. The van der Waals surface area contributed by atoms with Gasteiger partial charge in [0.1, 0.15) is 16.5 Å². The predicted molar refractivity (Wildman–Crippen MR) is 102 cm³/mol. The lowest BCUT2D eigenvalue weighted by Crippen LogP contribution is -2.36. The van der Waals surface area contributed by atoms with Gasteiger partial charge in [0.15, 0.2) is 5.01 Å². The Bertz CT molecular complexity index is 948. The number of carbonyl (C=O) groups excluding carboxylic acids is 1. The molecule has 1 aliphatic rings. The van der Waals surface area contributed by atoms with Gasteiger partial charge in [0.25, 0.3) is 0 Å². The lowest BCUT2D eigenvalue weighted by Gasteiger charge is -2.27. The van der Waals surface area contributed by atoms with E-state index in [4.69, 9.17) is 0 Å². The smallest absolute Gasteiger partial charge is 0.228 e. The van der Waals surface area contributed by atoms with Gasteiger partial charge >= 0.3 is 0 Å². The fourth-order valence-electron chi connectivity index (χ4n) is 3.12. The standard InChI is InChI=1S/C18H20N6OS/c1-11-22-23-18(26-11)15-7-13-8-16(20-10-14(13)9-19-15)21-17(25)12-3-5-24(2)6-4-12/h7-10,12H,3-6H2,1-2H3,(H,20,21,25). The largest absolute Gasteiger partial charge is 0.310 e. The molecule has 3 aromatic rings. The van der Waals surface area contributed by atoms with E-state index in [0.717, 1.165) is 52.4 Å². The van der Waals surface area contributed by atoms with E-state index in [2.05, 4.69) is 37.4 Å². The van der Waals surface area contributed by atoms with Crippen LogP contribution in [0.3, 0.4) is 0 Å². The second kappa shape index (κ2) is 7.05. The highest BCUT2D eigenvalue weighted by Gasteiger charge is 2.23. The van der Waals surface area contributed by atoms with E-state index in [0.29, 0.717) is 5.82 Å². The van der Waals surface area contributed by atoms with Crippen molar-refractivity contribution < 1.29 is 4.79 Å². The molecule has 3 aromatic heterocycles. The number of aromatic nitrogens is 4. The predicted octanol–water partition coefficient (Wildman–Crippen LogP) is 2.74. The summed E-state index contributed by atoms with van der Waals surface area (Å²) >= 11 is 1.51. The monoisotopic (exact) mass is 368 g/mol. The van der Waals surface area contributed by atoms with Crippen LogP contribution in [0, 0.1) is 12.8 Å². The zero-order chi connectivity index (χ0) is 18.1. The number of piperidine rings is 1. The minimum absolute atomic E-state index is 0.0546. The molecule has 0 bridgehead atoms. The number of amides is 1. The van der Waals surface area contributed by atoms with Gasteiger partial charge in [0.2, 0.25) is 5.91 Å². The topological polar surface area (TPSA) is 83.9 Å². The third-order valence-corrected chi connectivity index (χ3v) is 5.55. The Hall–Kier alpha value is -2.45. The van der Waals surface area contributed by atoms with E-state index >= 15 is 0 Å². The van der Waals surface area contributed by atoms with E-state index in [1.807, 2.05) is 19.1 Å². The average molecular weight is 368 g/mol. The maximum absolute atomic E-state index is 12.5. The van der Waals surface area contributed by atoms with Crippen molar-refractivity contribution in [3.8, 4) is 10.7 Å². The molecule has 26 heavy (non-hydrogen) atoms. The van der Waals surface area contributed by atoms with E-state index in [9.17, 15) is 4.79 Å². The lowest BCUT2D eigenvalue weighted by atomic mass is 9.96. The summed E-state index contributed by atoms with van der Waals surface area (Å²) in [6.07, 6.45) is 5.29. The first-order chi connectivity index (χ1) is 12.6. The van der Waals surface area contributed by atoms with Crippen LogP contribution in [0.25, 0.3) is 21.5 Å². The van der Waals surface area contributed by atoms with Crippen LogP contribution in [0.15, 0.2) is 24.5 Å². The molecule has 4 heterocycles. The Labute approximate surface area is 155 Å². The quantitative estimate of drug-likeness (QED) is 0.765. The normalized spacial score (nSPS) is 16.1. The van der Waals surface area contributed by atoms with Crippen LogP contribution in [-0.4, -0.2) is 51.1 Å². The van der Waals surface area contributed by atoms with Crippen LogP contribution in [0.2, 0.25) is 0 Å². The van der Waals surface area contributed by atoms with Gasteiger partial charge in [-0.05, 0) is 57.4 Å². The second-order valence-corrected chi connectivity index (χ2v) is 7.86. The molecule has 8 heteroatoms. The lowest BCUT2D eigenvalue weighted by molar-refractivity contribution is -0.121. The first-order valence-corrected chi connectivity index (χ1v) is 9.46. The molecular formula is C18H20N6OS. The Balaban J connectivity index is 1.55. The molecule has 1 N–H and O–H groups in total. The number of carbonyl (C=O) groups is 1. The van der Waals surface area contributed by atoms with Gasteiger partial charge in [0.05, 0.1) is 0 Å². The molecule has 0 spiro atoms. The highest BCUT2D eigenvalue weighted by atomic mass is 32.1. The third kappa shape index (κ3) is 3.56. The molecule has 4 rings (SSSR count). The molecule has 0 aliphatic carbocycles. The SMILES string of the molecule is Cc1nnc(-c2cc3cc(NC(=O)C4CCN(C)CC4)ncc3cn2)s1. The first-order valence-electron chi connectivity index (χ1n) is 8.64. The van der Waals surface area contributed by atoms with Gasteiger partial charge in [-0.15, -0.1) is 10.2 Å². The highest BCUT2D eigenvalue weighted by Crippen LogP contribution is 2.26. The summed E-state index contributed by atoms with van der Waals surface area (Å²) in [5, 5.41) is 14.7. The van der Waals surface area contributed by atoms with Crippen LogP contribution < -0.4 is 5.32 Å². The molecule has 1 fully saturated rings. The second-order valence-electron chi connectivity index (χ2n) is 6.68. The molecule has 1 aliphatic heterocycles. The molecule has 1 saturated heterocycles. The molecule has 0 unspecified atom stereocenters. The van der Waals surface area contributed by atoms with Crippen LogP contribution in [0.4, 0.5) is 5.82 Å². The number of pyridine rings is 2. The average Bonchev–Trinajstić information content (AvgIpc) is 3.08. The van der Waals surface area contributed by atoms with Gasteiger partial charge in [-0.25, -0.2) is 4.98 Å². The number of fused-ring (bicyclic) bond motifs is 1. The van der Waals surface area contributed by atoms with Crippen molar-refractivity contribution in [2.75, 3.05) is 25.5 Å². The number of aryl methyl sites for hydroxylation is 1. The zero-order valence-electron chi connectivity index (χ0n) is 14.8. The summed E-state index contributed by atoms with van der Waals surface area (Å²) in [6.45, 7) is 3.84. The number of likely N-dealkylation sites (tertiary alicyclic amines) is 1.